The van der Waals surface area contributed by atoms with Crippen LogP contribution in [-0.4, -0.2) is 39.8 Å². The van der Waals surface area contributed by atoms with Crippen LogP contribution in [0.2, 0.25) is 0 Å². The molecule has 2 aromatic rings. The molecule has 2 fully saturated rings. The normalized spacial score (nSPS) is 20.7. The summed E-state index contributed by atoms with van der Waals surface area (Å²) in [6, 6.07) is 17.0. The smallest absolute Gasteiger partial charge is 0.0398 e. The topological polar surface area (TPSA) is 27.3 Å². The molecule has 3 nitrogen and oxygen atoms in total. The van der Waals surface area contributed by atoms with Gasteiger partial charge in [0, 0.05) is 19.3 Å². The van der Waals surface area contributed by atoms with Gasteiger partial charge in [0.1, 0.15) is 0 Å². The van der Waals surface area contributed by atoms with Crippen molar-refractivity contribution in [3.8, 4) is 0 Å². The van der Waals surface area contributed by atoms with Crippen LogP contribution in [0.25, 0.3) is 0 Å². The monoisotopic (exact) mass is 503 g/mol. The van der Waals surface area contributed by atoms with Crippen LogP contribution >= 0.6 is 0 Å². The summed E-state index contributed by atoms with van der Waals surface area (Å²) in [6.45, 7) is 10.3. The first-order valence-corrected chi connectivity index (χ1v) is 15.5. The predicted octanol–water partition coefficient (Wildman–Crippen LogP) is 7.13. The van der Waals surface area contributed by atoms with E-state index in [0.29, 0.717) is 11.8 Å². The molecular weight excluding hydrogens is 450 g/mol. The van der Waals surface area contributed by atoms with E-state index < -0.39 is 0 Å². The van der Waals surface area contributed by atoms with Crippen molar-refractivity contribution in [1.29, 1.82) is 0 Å². The van der Waals surface area contributed by atoms with Crippen molar-refractivity contribution in [2.45, 2.75) is 90.4 Å². The Morgan fingerprint density at radius 2 is 1.54 bits per heavy atom. The lowest BCUT2D eigenvalue weighted by Gasteiger charge is -2.33. The van der Waals surface area contributed by atoms with Gasteiger partial charge in [-0.05, 0) is 131 Å². The van der Waals surface area contributed by atoms with Crippen LogP contribution in [0.4, 0.5) is 5.69 Å². The van der Waals surface area contributed by atoms with Gasteiger partial charge in [-0.25, -0.2) is 0 Å². The van der Waals surface area contributed by atoms with Gasteiger partial charge in [0.15, 0.2) is 0 Å². The molecule has 2 aliphatic heterocycles. The molecule has 0 spiro atoms. The highest BCUT2D eigenvalue weighted by atomic mass is 15.1. The Hall–Kier alpha value is -1.84. The molecule has 0 amide bonds. The van der Waals surface area contributed by atoms with Crippen LogP contribution in [0, 0.1) is 11.8 Å². The first-order chi connectivity index (χ1) is 18.2. The summed E-state index contributed by atoms with van der Waals surface area (Å²) >= 11 is 0. The molecule has 0 aromatic heterocycles. The fraction of sp³-hybridized carbons (Fsp3) is 0.647. The Morgan fingerprint density at radius 3 is 2.30 bits per heavy atom. The van der Waals surface area contributed by atoms with Crippen molar-refractivity contribution >= 4 is 5.69 Å². The molecule has 4 rings (SSSR count). The zero-order valence-electron chi connectivity index (χ0n) is 24.0. The number of benzene rings is 2. The predicted molar refractivity (Wildman–Crippen MR) is 161 cm³/mol. The SMILES string of the molecule is CCc1ccc(CCC2CNCCC2c2ccc(CCCCCC3CCNCC3)cc2)cc1N(C)CC. The van der Waals surface area contributed by atoms with Gasteiger partial charge in [-0.2, -0.15) is 0 Å². The number of unbranched alkanes of at least 4 members (excludes halogenated alkanes) is 2. The van der Waals surface area contributed by atoms with Crippen LogP contribution in [0.3, 0.4) is 0 Å². The third-order valence-corrected chi connectivity index (χ3v) is 9.27. The molecule has 0 saturated carbocycles. The molecule has 2 saturated heterocycles. The molecule has 2 aliphatic rings. The summed E-state index contributed by atoms with van der Waals surface area (Å²) in [7, 11) is 2.22. The average molecular weight is 504 g/mol. The summed E-state index contributed by atoms with van der Waals surface area (Å²) in [5, 5.41) is 7.18. The van der Waals surface area contributed by atoms with Crippen molar-refractivity contribution < 1.29 is 0 Å². The van der Waals surface area contributed by atoms with Crippen molar-refractivity contribution in [2.24, 2.45) is 11.8 Å². The molecule has 3 heteroatoms. The van der Waals surface area contributed by atoms with E-state index in [1.807, 2.05) is 0 Å². The summed E-state index contributed by atoms with van der Waals surface area (Å²) in [4.78, 5) is 2.39. The van der Waals surface area contributed by atoms with E-state index in [2.05, 4.69) is 78.9 Å². The van der Waals surface area contributed by atoms with Gasteiger partial charge in [-0.1, -0.05) is 62.6 Å². The Kier molecular flexibility index (Phi) is 11.4. The molecule has 37 heavy (non-hydrogen) atoms. The second-order valence-corrected chi connectivity index (χ2v) is 11.8. The lowest BCUT2D eigenvalue weighted by Crippen LogP contribution is -2.35. The summed E-state index contributed by atoms with van der Waals surface area (Å²) in [5.74, 6) is 2.38. The Morgan fingerprint density at radius 1 is 0.784 bits per heavy atom. The summed E-state index contributed by atoms with van der Waals surface area (Å²) in [6.07, 6.45) is 14.4. The van der Waals surface area contributed by atoms with Crippen LogP contribution in [-0.2, 0) is 19.3 Å². The third-order valence-electron chi connectivity index (χ3n) is 9.27. The second-order valence-electron chi connectivity index (χ2n) is 11.8. The molecule has 2 aromatic carbocycles. The lowest BCUT2D eigenvalue weighted by molar-refractivity contribution is 0.309. The van der Waals surface area contributed by atoms with E-state index in [9.17, 15) is 0 Å². The minimum Gasteiger partial charge on any atom is -0.375 e. The first-order valence-electron chi connectivity index (χ1n) is 15.5. The van der Waals surface area contributed by atoms with Crippen LogP contribution in [0.5, 0.6) is 0 Å². The number of piperidine rings is 2. The average Bonchev–Trinajstić information content (AvgIpc) is 2.96. The summed E-state index contributed by atoms with van der Waals surface area (Å²) in [5.41, 5.74) is 7.47. The van der Waals surface area contributed by atoms with Gasteiger partial charge >= 0.3 is 0 Å². The maximum absolute atomic E-state index is 3.69. The summed E-state index contributed by atoms with van der Waals surface area (Å²) < 4.78 is 0. The van der Waals surface area contributed by atoms with Gasteiger partial charge in [-0.3, -0.25) is 0 Å². The van der Waals surface area contributed by atoms with Crippen molar-refractivity contribution in [3.05, 3.63) is 64.7 Å². The van der Waals surface area contributed by atoms with E-state index in [0.717, 1.165) is 32.0 Å². The minimum absolute atomic E-state index is 0.688. The van der Waals surface area contributed by atoms with Gasteiger partial charge in [0.25, 0.3) is 0 Å². The number of nitrogens with zero attached hydrogens (tertiary/aromatic N) is 1. The van der Waals surface area contributed by atoms with Gasteiger partial charge in [0.05, 0.1) is 0 Å². The van der Waals surface area contributed by atoms with Crippen molar-refractivity contribution in [2.75, 3.05) is 44.7 Å². The number of nitrogens with one attached hydrogen (secondary N) is 2. The molecule has 2 N–H and O–H groups in total. The number of rotatable bonds is 13. The standard InChI is InChI=1S/C34H53N3/c1-4-30-15-13-29(25-34(30)37(3)5-2)14-18-32-26-36-24-21-33(32)31-16-11-27(12-17-31)9-7-6-8-10-28-19-22-35-23-20-28/h11-13,15-17,25,28,32-33,35-36H,4-10,14,18-24,26H2,1-3H3. The number of hydrogen-bond acceptors (Lipinski definition) is 3. The zero-order chi connectivity index (χ0) is 25.9. The van der Waals surface area contributed by atoms with E-state index in [4.69, 9.17) is 0 Å². The highest BCUT2D eigenvalue weighted by Gasteiger charge is 2.26. The Balaban J connectivity index is 1.26. The quantitative estimate of drug-likeness (QED) is 0.285. The number of aryl methyl sites for hydroxylation is 3. The van der Waals surface area contributed by atoms with Crippen LogP contribution in [0.1, 0.15) is 93.4 Å². The highest BCUT2D eigenvalue weighted by Crippen LogP contribution is 2.34. The fourth-order valence-electron chi connectivity index (χ4n) is 6.65. The molecular formula is C34H53N3. The molecule has 0 aliphatic carbocycles. The molecule has 0 radical (unpaired) electrons. The Labute approximate surface area is 227 Å². The highest BCUT2D eigenvalue weighted by molar-refractivity contribution is 5.55. The van der Waals surface area contributed by atoms with E-state index in [1.165, 1.54) is 99.7 Å². The van der Waals surface area contributed by atoms with E-state index >= 15 is 0 Å². The van der Waals surface area contributed by atoms with Gasteiger partial charge in [-0.15, -0.1) is 0 Å². The second kappa shape index (κ2) is 14.9. The van der Waals surface area contributed by atoms with Crippen molar-refractivity contribution in [1.82, 2.24) is 10.6 Å². The van der Waals surface area contributed by atoms with Gasteiger partial charge < -0.3 is 15.5 Å². The number of hydrogen-bond donors (Lipinski definition) is 2. The molecule has 204 valence electrons. The van der Waals surface area contributed by atoms with Crippen LogP contribution < -0.4 is 15.5 Å². The fourth-order valence-corrected chi connectivity index (χ4v) is 6.65. The Bertz CT molecular complexity index is 915. The molecule has 2 unspecified atom stereocenters. The number of anilines is 1. The van der Waals surface area contributed by atoms with Crippen molar-refractivity contribution in [3.63, 3.8) is 0 Å². The zero-order valence-corrected chi connectivity index (χ0v) is 24.0. The minimum atomic E-state index is 0.688. The van der Waals surface area contributed by atoms with E-state index in [1.54, 1.807) is 5.56 Å². The molecule has 2 heterocycles. The first kappa shape index (κ1) is 28.2. The molecule has 2 atom stereocenters. The lowest BCUT2D eigenvalue weighted by atomic mass is 9.78. The largest absolute Gasteiger partial charge is 0.375 e. The van der Waals surface area contributed by atoms with Crippen LogP contribution in [0.15, 0.2) is 42.5 Å². The maximum atomic E-state index is 3.69. The molecule has 0 bridgehead atoms. The van der Waals surface area contributed by atoms with E-state index in [-0.39, 0.29) is 0 Å². The van der Waals surface area contributed by atoms with Gasteiger partial charge in [0.2, 0.25) is 0 Å². The third kappa shape index (κ3) is 8.32. The maximum Gasteiger partial charge on any atom is 0.0398 e.